The summed E-state index contributed by atoms with van der Waals surface area (Å²) in [6.45, 7) is 2.91. The van der Waals surface area contributed by atoms with E-state index in [0.29, 0.717) is 54.0 Å². The molecule has 2 atom stereocenters. The molecule has 12 nitrogen and oxygen atoms in total. The zero-order chi connectivity index (χ0) is 30.9. The van der Waals surface area contributed by atoms with Crippen LogP contribution in [0.25, 0.3) is 16.9 Å². The number of piperidine rings is 1. The molecule has 1 aromatic carbocycles. The highest BCUT2D eigenvalue weighted by Crippen LogP contribution is 2.28. The van der Waals surface area contributed by atoms with Crippen molar-refractivity contribution in [2.45, 2.75) is 36.2 Å². The third-order valence-corrected chi connectivity index (χ3v) is 9.14. The number of aromatic nitrogens is 6. The zero-order valence-electron chi connectivity index (χ0n) is 23.5. The van der Waals surface area contributed by atoms with Gasteiger partial charge in [-0.1, -0.05) is 29.8 Å². The van der Waals surface area contributed by atoms with Crippen LogP contribution in [-0.2, 0) is 23.6 Å². The Hall–Kier alpha value is -3.64. The highest BCUT2D eigenvalue weighted by Gasteiger charge is 2.35. The highest BCUT2D eigenvalue weighted by atomic mass is 35.5. The Morgan fingerprint density at radius 1 is 1.21 bits per heavy atom. The van der Waals surface area contributed by atoms with Gasteiger partial charge in [-0.25, -0.2) is 28.1 Å². The van der Waals surface area contributed by atoms with Gasteiger partial charge in [-0.05, 0) is 30.0 Å². The van der Waals surface area contributed by atoms with E-state index in [2.05, 4.69) is 36.8 Å². The molecule has 1 saturated heterocycles. The number of anilines is 1. The summed E-state index contributed by atoms with van der Waals surface area (Å²) in [4.78, 5) is 13.0. The van der Waals surface area contributed by atoms with Crippen LogP contribution >= 0.6 is 11.6 Å². The SMILES string of the molecule is [B]C([B])([B])NCc1ccc(-n2cc(-c3nc(N[C@H]4CCN(S(=O)(=O)c5cn(C)cn5)C[C@H]4C)ncc3C#N)cn2)c(Cl)c1. The highest BCUT2D eigenvalue weighted by molar-refractivity contribution is 7.89. The summed E-state index contributed by atoms with van der Waals surface area (Å²) in [6, 6.07) is 7.42. The summed E-state index contributed by atoms with van der Waals surface area (Å²) in [6.07, 6.45) is 8.27. The molecule has 17 heteroatoms. The van der Waals surface area contributed by atoms with Crippen LogP contribution in [0.1, 0.15) is 24.5 Å². The number of hydrogen-bond acceptors (Lipinski definition) is 9. The lowest BCUT2D eigenvalue weighted by Gasteiger charge is -2.36. The van der Waals surface area contributed by atoms with Gasteiger partial charge in [0.2, 0.25) is 5.95 Å². The van der Waals surface area contributed by atoms with Crippen molar-refractivity contribution < 1.29 is 8.42 Å². The first-order valence-electron chi connectivity index (χ1n) is 13.3. The number of benzene rings is 1. The number of nitrogens with one attached hydrogen (secondary N) is 2. The van der Waals surface area contributed by atoms with Gasteiger partial charge >= 0.3 is 0 Å². The molecule has 43 heavy (non-hydrogen) atoms. The average Bonchev–Trinajstić information content (AvgIpc) is 3.62. The molecule has 0 aliphatic carbocycles. The van der Waals surface area contributed by atoms with Gasteiger partial charge in [0.15, 0.2) is 5.03 Å². The standard InChI is InChI=1S/C26H26B3ClN10O2S/c1-16-12-39(43(41,42)23-14-38(2)15-33-23)6-5-21(16)36-25-32-10-18(8-31)24(37-25)19-11-35-40(13-19)22-4-3-17(7-20(22)30)9-34-26(27,28)29/h3-4,7,10-11,13-16,21,34H,5-6,9,12H2,1-2H3,(H,32,36,37)/t16-,21+/m1/s1. The first kappa shape index (κ1) is 30.8. The van der Waals surface area contributed by atoms with Crippen molar-refractivity contribution in [3.63, 3.8) is 0 Å². The number of nitriles is 1. The van der Waals surface area contributed by atoms with E-state index < -0.39 is 15.3 Å². The van der Waals surface area contributed by atoms with Crippen molar-refractivity contribution in [1.29, 1.82) is 5.26 Å². The van der Waals surface area contributed by atoms with Crippen LogP contribution in [0.2, 0.25) is 5.02 Å². The van der Waals surface area contributed by atoms with Crippen molar-refractivity contribution in [1.82, 2.24) is 38.9 Å². The van der Waals surface area contributed by atoms with Crippen LogP contribution in [0.15, 0.2) is 54.3 Å². The van der Waals surface area contributed by atoms with E-state index in [1.54, 1.807) is 40.8 Å². The van der Waals surface area contributed by atoms with Gasteiger partial charge in [0, 0.05) is 50.7 Å². The van der Waals surface area contributed by atoms with Crippen LogP contribution in [0.5, 0.6) is 0 Å². The molecule has 214 valence electrons. The predicted molar refractivity (Wildman–Crippen MR) is 164 cm³/mol. The molecule has 4 aromatic rings. The zero-order valence-corrected chi connectivity index (χ0v) is 25.1. The number of imidazole rings is 1. The number of sulfonamides is 1. The Morgan fingerprint density at radius 3 is 2.65 bits per heavy atom. The van der Waals surface area contributed by atoms with E-state index in [0.717, 1.165) is 5.56 Å². The third-order valence-electron chi connectivity index (χ3n) is 7.09. The second-order valence-electron chi connectivity index (χ2n) is 10.6. The number of hydrogen-bond donors (Lipinski definition) is 2. The molecule has 3 aromatic heterocycles. The molecule has 1 aliphatic rings. The molecule has 1 fully saturated rings. The maximum atomic E-state index is 13.0. The predicted octanol–water partition coefficient (Wildman–Crippen LogP) is 1.31. The van der Waals surface area contributed by atoms with Crippen LogP contribution in [0.3, 0.4) is 0 Å². The minimum absolute atomic E-state index is 0.0318. The van der Waals surface area contributed by atoms with Crippen molar-refractivity contribution in [2.75, 3.05) is 18.4 Å². The minimum atomic E-state index is -3.69. The van der Waals surface area contributed by atoms with Crippen LogP contribution in [0.4, 0.5) is 5.95 Å². The van der Waals surface area contributed by atoms with Gasteiger partial charge in [-0.3, -0.25) is 0 Å². The first-order valence-corrected chi connectivity index (χ1v) is 15.1. The molecule has 4 heterocycles. The van der Waals surface area contributed by atoms with Crippen molar-refractivity contribution in [2.24, 2.45) is 13.0 Å². The average molecular weight is 611 g/mol. The molecule has 0 bridgehead atoms. The Bertz CT molecular complexity index is 1780. The van der Waals surface area contributed by atoms with Gasteiger partial charge in [0.25, 0.3) is 10.0 Å². The van der Waals surface area contributed by atoms with Gasteiger partial charge in [-0.15, -0.1) is 0 Å². The molecule has 0 spiro atoms. The smallest absolute Gasteiger partial charge is 0.262 e. The van der Waals surface area contributed by atoms with Crippen molar-refractivity contribution in [3.05, 3.63) is 65.5 Å². The summed E-state index contributed by atoms with van der Waals surface area (Å²) in [5.41, 5.74) is 2.70. The Kier molecular flexibility index (Phi) is 8.71. The van der Waals surface area contributed by atoms with E-state index in [4.69, 9.17) is 35.1 Å². The van der Waals surface area contributed by atoms with Gasteiger partial charge < -0.3 is 15.2 Å². The fraction of sp³-hybridized carbons (Fsp3) is 0.346. The number of aryl methyl sites for hydroxylation is 1. The first-order chi connectivity index (χ1) is 20.3. The molecule has 1 aliphatic heterocycles. The summed E-state index contributed by atoms with van der Waals surface area (Å²) < 4.78 is 30.7. The van der Waals surface area contributed by atoms with Gasteiger partial charge in [0.05, 0.1) is 64.2 Å². The van der Waals surface area contributed by atoms with Gasteiger partial charge in [-0.2, -0.15) is 14.7 Å². The van der Waals surface area contributed by atoms with E-state index in [1.807, 2.05) is 13.0 Å². The number of rotatable bonds is 9. The topological polar surface area (TPSA) is 147 Å². The lowest BCUT2D eigenvalue weighted by Crippen LogP contribution is -2.47. The largest absolute Gasteiger partial charge is 0.351 e. The van der Waals surface area contributed by atoms with Crippen LogP contribution < -0.4 is 10.6 Å². The second-order valence-corrected chi connectivity index (χ2v) is 12.9. The summed E-state index contributed by atoms with van der Waals surface area (Å²) in [5, 5.41) is 19.2. The van der Waals surface area contributed by atoms with Gasteiger partial charge in [0.1, 0.15) is 6.07 Å². The van der Waals surface area contributed by atoms with E-state index in [1.165, 1.54) is 23.0 Å². The number of halogens is 1. The molecule has 0 unspecified atom stereocenters. The molecular formula is C26H26B3ClN10O2S. The summed E-state index contributed by atoms with van der Waals surface area (Å²) >= 11 is 6.53. The quantitative estimate of drug-likeness (QED) is 0.268. The van der Waals surface area contributed by atoms with Crippen molar-refractivity contribution in [3.8, 4) is 23.0 Å². The molecule has 0 amide bonds. The van der Waals surface area contributed by atoms with E-state index in [-0.39, 0.29) is 22.5 Å². The third kappa shape index (κ3) is 6.96. The summed E-state index contributed by atoms with van der Waals surface area (Å²) in [7, 11) is 14.7. The number of nitrogens with zero attached hydrogens (tertiary/aromatic N) is 8. The summed E-state index contributed by atoms with van der Waals surface area (Å²) in [5.74, 6) is 0.277. The van der Waals surface area contributed by atoms with E-state index >= 15 is 0 Å². The maximum Gasteiger partial charge on any atom is 0.262 e. The lowest BCUT2D eigenvalue weighted by atomic mass is 9.49. The Morgan fingerprint density at radius 2 is 2.00 bits per heavy atom. The maximum absolute atomic E-state index is 13.0. The molecule has 0 saturated carbocycles. The normalized spacial score (nSPS) is 17.9. The van der Waals surface area contributed by atoms with Crippen LogP contribution in [-0.4, -0.2) is 89.9 Å². The fourth-order valence-electron chi connectivity index (χ4n) is 4.79. The van der Waals surface area contributed by atoms with Crippen molar-refractivity contribution >= 4 is 51.1 Å². The van der Waals surface area contributed by atoms with E-state index in [9.17, 15) is 13.7 Å². The molecule has 5 rings (SSSR count). The van der Waals surface area contributed by atoms with Crippen LogP contribution in [0, 0.1) is 17.2 Å². The monoisotopic (exact) mass is 610 g/mol. The molecule has 2 N–H and O–H groups in total. The minimum Gasteiger partial charge on any atom is -0.351 e. The molecular weight excluding hydrogens is 584 g/mol. The lowest BCUT2D eigenvalue weighted by molar-refractivity contribution is 0.260. The Balaban J connectivity index is 1.31. The second kappa shape index (κ2) is 12.2. The Labute approximate surface area is 259 Å². The fourth-order valence-corrected chi connectivity index (χ4v) is 6.60. The molecule has 6 radical (unpaired) electrons.